The van der Waals surface area contributed by atoms with Crippen molar-refractivity contribution in [3.63, 3.8) is 0 Å². The molecule has 0 unspecified atom stereocenters. The van der Waals surface area contributed by atoms with E-state index >= 15 is 0 Å². The van der Waals surface area contributed by atoms with Crippen LogP contribution in [0.3, 0.4) is 0 Å². The van der Waals surface area contributed by atoms with E-state index in [1.807, 2.05) is 28.8 Å². The highest BCUT2D eigenvalue weighted by Crippen LogP contribution is 2.44. The van der Waals surface area contributed by atoms with Gasteiger partial charge >= 0.3 is 5.97 Å². The topological polar surface area (TPSA) is 101 Å². The molecule has 3 aromatic rings. The van der Waals surface area contributed by atoms with Crippen LogP contribution in [0.5, 0.6) is 0 Å². The second-order valence-corrected chi connectivity index (χ2v) is 11.0. The van der Waals surface area contributed by atoms with Crippen LogP contribution < -0.4 is 10.9 Å². The van der Waals surface area contributed by atoms with Crippen molar-refractivity contribution >= 4 is 22.8 Å². The van der Waals surface area contributed by atoms with Crippen molar-refractivity contribution in [3.05, 3.63) is 58.3 Å². The van der Waals surface area contributed by atoms with Crippen LogP contribution in [0.25, 0.3) is 11.0 Å². The fourth-order valence-electron chi connectivity index (χ4n) is 7.11. The summed E-state index contributed by atoms with van der Waals surface area (Å²) in [5, 5.41) is 12.2. The lowest BCUT2D eigenvalue weighted by atomic mass is 9.89. The maximum Gasteiger partial charge on any atom is 0.371 e. The van der Waals surface area contributed by atoms with Crippen molar-refractivity contribution < 1.29 is 14.3 Å². The number of piperidine rings is 1. The summed E-state index contributed by atoms with van der Waals surface area (Å²) in [6.07, 6.45) is 13.9. The van der Waals surface area contributed by atoms with Crippen molar-refractivity contribution in [2.45, 2.75) is 101 Å². The molecule has 2 N–H and O–H groups in total. The summed E-state index contributed by atoms with van der Waals surface area (Å²) in [6.45, 7) is 0.194. The van der Waals surface area contributed by atoms with Gasteiger partial charge in [0.1, 0.15) is 5.76 Å². The maximum absolute atomic E-state index is 13.8. The SMILES string of the molecule is O=C(O)c1ccc(CNc2nc3ccccc3n([C@H]3C[C@H]4CC[C@@H](C3)N4C3CCCCCCC3)c2=O)o1. The molecule has 1 aliphatic carbocycles. The largest absolute Gasteiger partial charge is 0.475 e. The van der Waals surface area contributed by atoms with E-state index in [1.54, 1.807) is 6.07 Å². The van der Waals surface area contributed by atoms with Crippen molar-refractivity contribution in [3.8, 4) is 0 Å². The zero-order valence-electron chi connectivity index (χ0n) is 21.3. The van der Waals surface area contributed by atoms with Gasteiger partial charge in [0.05, 0.1) is 17.6 Å². The first-order valence-corrected chi connectivity index (χ1v) is 13.9. The van der Waals surface area contributed by atoms with Crippen LogP contribution in [-0.4, -0.2) is 43.7 Å². The molecule has 6 rings (SSSR count). The summed E-state index contributed by atoms with van der Waals surface area (Å²) < 4.78 is 7.34. The number of aromatic carboxylic acids is 1. The number of furan rings is 1. The number of nitrogens with zero attached hydrogens (tertiary/aromatic N) is 3. The molecular weight excluding hydrogens is 468 g/mol. The van der Waals surface area contributed by atoms with Gasteiger partial charge in [-0.1, -0.05) is 44.2 Å². The Morgan fingerprint density at radius 2 is 1.62 bits per heavy atom. The summed E-state index contributed by atoms with van der Waals surface area (Å²) in [6, 6.07) is 12.8. The number of carbonyl (C=O) groups is 1. The molecule has 4 heterocycles. The number of carboxylic acid groups (broad SMARTS) is 1. The summed E-state index contributed by atoms with van der Waals surface area (Å²) in [4.78, 5) is 32.4. The lowest BCUT2D eigenvalue weighted by molar-refractivity contribution is 0.0498. The predicted octanol–water partition coefficient (Wildman–Crippen LogP) is 5.58. The highest BCUT2D eigenvalue weighted by atomic mass is 16.4. The van der Waals surface area contributed by atoms with Gasteiger partial charge in [-0.05, 0) is 62.8 Å². The molecule has 3 aliphatic rings. The third-order valence-corrected chi connectivity index (χ3v) is 8.72. The molecule has 1 aromatic carbocycles. The van der Waals surface area contributed by atoms with E-state index in [9.17, 15) is 9.59 Å². The van der Waals surface area contributed by atoms with Crippen molar-refractivity contribution in [1.29, 1.82) is 0 Å². The number of hydrogen-bond acceptors (Lipinski definition) is 6. The van der Waals surface area contributed by atoms with Crippen LogP contribution in [-0.2, 0) is 6.54 Å². The number of anilines is 1. The molecule has 0 spiro atoms. The second kappa shape index (κ2) is 10.3. The van der Waals surface area contributed by atoms with Crippen LogP contribution in [0.15, 0.2) is 45.6 Å². The fraction of sp³-hybridized carbons (Fsp3) is 0.552. The van der Waals surface area contributed by atoms with Gasteiger partial charge in [0.15, 0.2) is 5.82 Å². The predicted molar refractivity (Wildman–Crippen MR) is 142 cm³/mol. The summed E-state index contributed by atoms with van der Waals surface area (Å²) in [5.74, 6) is -0.504. The highest BCUT2D eigenvalue weighted by Gasteiger charge is 2.44. The van der Waals surface area contributed by atoms with Gasteiger partial charge in [-0.25, -0.2) is 9.78 Å². The number of rotatable bonds is 6. The number of fused-ring (bicyclic) bond motifs is 3. The summed E-state index contributed by atoms with van der Waals surface area (Å²) in [7, 11) is 0. The van der Waals surface area contributed by atoms with E-state index in [2.05, 4.69) is 15.2 Å². The Morgan fingerprint density at radius 3 is 2.32 bits per heavy atom. The van der Waals surface area contributed by atoms with Crippen LogP contribution in [0, 0.1) is 0 Å². The Hall–Kier alpha value is -3.13. The van der Waals surface area contributed by atoms with Gasteiger partial charge in [-0.15, -0.1) is 0 Å². The first-order chi connectivity index (χ1) is 18.1. The van der Waals surface area contributed by atoms with Crippen LogP contribution in [0.2, 0.25) is 0 Å². The van der Waals surface area contributed by atoms with E-state index in [1.165, 1.54) is 63.9 Å². The number of para-hydroxylation sites is 2. The van der Waals surface area contributed by atoms with E-state index in [-0.39, 0.29) is 29.7 Å². The third-order valence-electron chi connectivity index (χ3n) is 8.72. The molecule has 2 aliphatic heterocycles. The Balaban J connectivity index is 1.27. The van der Waals surface area contributed by atoms with E-state index < -0.39 is 5.97 Å². The molecule has 8 nitrogen and oxygen atoms in total. The van der Waals surface area contributed by atoms with Crippen molar-refractivity contribution in [1.82, 2.24) is 14.5 Å². The standard InChI is InChI=1S/C29H36N4O4/c34-28-27(30-18-23-14-15-26(37-23)29(35)36)31-24-10-6-7-11-25(24)33(28)22-16-20-12-13-21(17-22)32(20)19-8-4-2-1-3-5-9-19/h6-7,10-11,14-15,19-22H,1-5,8-9,12-13,16-18H2,(H,30,31)(H,35,36)/t20-,21+,22+. The molecule has 2 bridgehead atoms. The molecular formula is C29H36N4O4. The van der Waals surface area contributed by atoms with Crippen LogP contribution in [0.4, 0.5) is 5.82 Å². The molecule has 3 fully saturated rings. The van der Waals surface area contributed by atoms with Gasteiger partial charge in [-0.3, -0.25) is 9.69 Å². The van der Waals surface area contributed by atoms with Gasteiger partial charge in [0.2, 0.25) is 5.76 Å². The van der Waals surface area contributed by atoms with Crippen LogP contribution in [0.1, 0.15) is 93.0 Å². The molecule has 2 saturated heterocycles. The number of hydrogen-bond donors (Lipinski definition) is 2. The molecule has 2 aromatic heterocycles. The van der Waals surface area contributed by atoms with E-state index in [0.717, 1.165) is 23.9 Å². The molecule has 1 saturated carbocycles. The highest BCUT2D eigenvalue weighted by molar-refractivity contribution is 5.84. The van der Waals surface area contributed by atoms with Crippen LogP contribution >= 0.6 is 0 Å². The summed E-state index contributed by atoms with van der Waals surface area (Å²) >= 11 is 0. The van der Waals surface area contributed by atoms with Gasteiger partial charge in [0.25, 0.3) is 5.56 Å². The minimum absolute atomic E-state index is 0.118. The zero-order chi connectivity index (χ0) is 25.4. The Morgan fingerprint density at radius 1 is 0.919 bits per heavy atom. The number of carboxylic acids is 1. The quantitative estimate of drug-likeness (QED) is 0.452. The fourth-order valence-corrected chi connectivity index (χ4v) is 7.11. The Bertz CT molecular complexity index is 1310. The summed E-state index contributed by atoms with van der Waals surface area (Å²) in [5.41, 5.74) is 1.55. The molecule has 196 valence electrons. The first kappa shape index (κ1) is 24.2. The monoisotopic (exact) mass is 504 g/mol. The minimum atomic E-state index is -1.11. The molecule has 3 atom stereocenters. The van der Waals surface area contributed by atoms with E-state index in [4.69, 9.17) is 9.52 Å². The lowest BCUT2D eigenvalue weighted by Gasteiger charge is -2.45. The second-order valence-electron chi connectivity index (χ2n) is 11.0. The zero-order valence-corrected chi connectivity index (χ0v) is 21.3. The normalized spacial score (nSPS) is 25.1. The molecule has 0 radical (unpaired) electrons. The van der Waals surface area contributed by atoms with Gasteiger partial charge in [0, 0.05) is 24.2 Å². The average Bonchev–Trinajstić information content (AvgIpc) is 3.45. The van der Waals surface area contributed by atoms with E-state index in [0.29, 0.717) is 23.9 Å². The molecule has 37 heavy (non-hydrogen) atoms. The maximum atomic E-state index is 13.8. The smallest absolute Gasteiger partial charge is 0.371 e. The van der Waals surface area contributed by atoms with Gasteiger partial charge < -0.3 is 19.4 Å². The number of nitrogens with one attached hydrogen (secondary N) is 1. The van der Waals surface area contributed by atoms with Crippen molar-refractivity contribution in [2.75, 3.05) is 5.32 Å². The third kappa shape index (κ3) is 4.79. The van der Waals surface area contributed by atoms with Gasteiger partial charge in [-0.2, -0.15) is 0 Å². The number of benzene rings is 1. The minimum Gasteiger partial charge on any atom is -0.475 e. The number of aromatic nitrogens is 2. The average molecular weight is 505 g/mol. The lowest BCUT2D eigenvalue weighted by Crippen LogP contribution is -2.50. The van der Waals surface area contributed by atoms with Crippen molar-refractivity contribution in [2.24, 2.45) is 0 Å². The first-order valence-electron chi connectivity index (χ1n) is 13.9. The Labute approximate surface area is 216 Å². The molecule has 8 heteroatoms. The Kier molecular flexibility index (Phi) is 6.76. The molecule has 0 amide bonds.